The van der Waals surface area contributed by atoms with Gasteiger partial charge in [0.2, 0.25) is 5.89 Å². The fourth-order valence-corrected chi connectivity index (χ4v) is 2.29. The van der Waals surface area contributed by atoms with Crippen LogP contribution >= 0.6 is 0 Å². The summed E-state index contributed by atoms with van der Waals surface area (Å²) >= 11 is 0. The first-order valence-corrected chi connectivity index (χ1v) is 6.89. The number of nitrogens with zero attached hydrogens (tertiary/aromatic N) is 2. The molecule has 1 aliphatic rings. The van der Waals surface area contributed by atoms with Crippen LogP contribution < -0.4 is 5.73 Å². The number of ether oxygens (including phenoxy) is 1. The Balaban J connectivity index is 1.74. The lowest BCUT2D eigenvalue weighted by atomic mass is 9.80. The molecule has 102 valence electrons. The summed E-state index contributed by atoms with van der Waals surface area (Å²) in [4.78, 5) is 4.39. The van der Waals surface area contributed by atoms with Crippen molar-refractivity contribution in [1.29, 1.82) is 0 Å². The van der Waals surface area contributed by atoms with Crippen molar-refractivity contribution >= 4 is 0 Å². The molecule has 0 bridgehead atoms. The quantitative estimate of drug-likeness (QED) is 0.800. The molecule has 18 heavy (non-hydrogen) atoms. The summed E-state index contributed by atoms with van der Waals surface area (Å²) in [6, 6.07) is 0.126. The zero-order valence-corrected chi connectivity index (χ0v) is 11.3. The molecule has 0 saturated heterocycles. The number of hydrogen-bond donors (Lipinski definition) is 1. The molecule has 0 aliphatic heterocycles. The molecule has 1 aromatic heterocycles. The van der Waals surface area contributed by atoms with Gasteiger partial charge in [-0.05, 0) is 32.1 Å². The van der Waals surface area contributed by atoms with Crippen LogP contribution in [0.4, 0.5) is 0 Å². The summed E-state index contributed by atoms with van der Waals surface area (Å²) in [5.74, 6) is 2.11. The van der Waals surface area contributed by atoms with Crippen LogP contribution in [0.3, 0.4) is 0 Å². The van der Waals surface area contributed by atoms with Crippen molar-refractivity contribution in [3.05, 3.63) is 11.7 Å². The van der Waals surface area contributed by atoms with Gasteiger partial charge in [-0.15, -0.1) is 0 Å². The number of aromatic nitrogens is 2. The van der Waals surface area contributed by atoms with E-state index >= 15 is 0 Å². The Morgan fingerprint density at radius 1 is 1.44 bits per heavy atom. The van der Waals surface area contributed by atoms with Gasteiger partial charge >= 0.3 is 0 Å². The van der Waals surface area contributed by atoms with Crippen LogP contribution in [0.15, 0.2) is 4.52 Å². The third-order valence-electron chi connectivity index (χ3n) is 3.54. The first-order chi connectivity index (χ1) is 8.71. The van der Waals surface area contributed by atoms with Gasteiger partial charge in [-0.2, -0.15) is 4.98 Å². The molecule has 2 N–H and O–H groups in total. The first kappa shape index (κ1) is 13.5. The largest absolute Gasteiger partial charge is 0.378 e. The van der Waals surface area contributed by atoms with Gasteiger partial charge in [0.1, 0.15) is 0 Å². The predicted molar refractivity (Wildman–Crippen MR) is 68.1 cm³/mol. The number of rotatable bonds is 7. The predicted octanol–water partition coefficient (Wildman–Crippen LogP) is 1.71. The Hall–Kier alpha value is -0.940. The molecule has 5 nitrogen and oxygen atoms in total. The van der Waals surface area contributed by atoms with Crippen molar-refractivity contribution in [3.8, 4) is 0 Å². The van der Waals surface area contributed by atoms with Crippen molar-refractivity contribution in [2.24, 2.45) is 11.7 Å². The second-order valence-electron chi connectivity index (χ2n) is 5.10. The van der Waals surface area contributed by atoms with E-state index in [-0.39, 0.29) is 6.04 Å². The third-order valence-corrected chi connectivity index (χ3v) is 3.54. The average Bonchev–Trinajstić information content (AvgIpc) is 2.74. The Labute approximate surface area is 108 Å². The van der Waals surface area contributed by atoms with E-state index in [1.165, 1.54) is 0 Å². The van der Waals surface area contributed by atoms with Gasteiger partial charge in [0.05, 0.1) is 6.10 Å². The molecule has 1 atom stereocenters. The van der Waals surface area contributed by atoms with Crippen LogP contribution in [0.1, 0.15) is 44.8 Å². The van der Waals surface area contributed by atoms with Crippen LogP contribution in [0.25, 0.3) is 0 Å². The Bertz CT molecular complexity index is 361. The molecule has 1 saturated carbocycles. The molecular formula is C13H23N3O2. The second-order valence-corrected chi connectivity index (χ2v) is 5.10. The third kappa shape index (κ3) is 3.53. The fourth-order valence-electron chi connectivity index (χ4n) is 2.29. The second kappa shape index (κ2) is 6.29. The topological polar surface area (TPSA) is 74.2 Å². The summed E-state index contributed by atoms with van der Waals surface area (Å²) in [6.45, 7) is 4.90. The van der Waals surface area contributed by atoms with Crippen molar-refractivity contribution in [2.45, 2.75) is 58.1 Å². The van der Waals surface area contributed by atoms with Crippen LogP contribution in [-0.2, 0) is 17.6 Å². The van der Waals surface area contributed by atoms with Gasteiger partial charge in [-0.3, -0.25) is 0 Å². The van der Waals surface area contributed by atoms with Crippen molar-refractivity contribution < 1.29 is 9.26 Å². The van der Waals surface area contributed by atoms with Crippen molar-refractivity contribution in [2.75, 3.05) is 6.61 Å². The SMILES string of the molecule is CCOC1CC(Cc2nc(CC(N)CC)no2)C1. The minimum Gasteiger partial charge on any atom is -0.378 e. The van der Waals surface area contributed by atoms with E-state index in [0.29, 0.717) is 18.4 Å². The van der Waals surface area contributed by atoms with Gasteiger partial charge in [0.25, 0.3) is 0 Å². The van der Waals surface area contributed by atoms with E-state index < -0.39 is 0 Å². The highest BCUT2D eigenvalue weighted by Crippen LogP contribution is 2.32. The molecule has 1 fully saturated rings. The van der Waals surface area contributed by atoms with Crippen LogP contribution in [0.2, 0.25) is 0 Å². The summed E-state index contributed by atoms with van der Waals surface area (Å²) in [6.07, 6.45) is 5.17. The molecule has 0 spiro atoms. The molecule has 1 aromatic rings. The highest BCUT2D eigenvalue weighted by molar-refractivity contribution is 4.93. The van der Waals surface area contributed by atoms with Gasteiger partial charge in [0, 0.05) is 25.5 Å². The van der Waals surface area contributed by atoms with E-state index in [2.05, 4.69) is 17.1 Å². The summed E-state index contributed by atoms with van der Waals surface area (Å²) in [5, 5.41) is 3.97. The number of nitrogens with two attached hydrogens (primary N) is 1. The van der Waals surface area contributed by atoms with Gasteiger partial charge in [-0.25, -0.2) is 0 Å². The van der Waals surface area contributed by atoms with Crippen LogP contribution in [0, 0.1) is 5.92 Å². The van der Waals surface area contributed by atoms with Gasteiger partial charge in [-0.1, -0.05) is 12.1 Å². The maximum atomic E-state index is 5.87. The van der Waals surface area contributed by atoms with E-state index in [1.54, 1.807) is 0 Å². The summed E-state index contributed by atoms with van der Waals surface area (Å²) in [7, 11) is 0. The monoisotopic (exact) mass is 253 g/mol. The molecule has 1 aliphatic carbocycles. The highest BCUT2D eigenvalue weighted by atomic mass is 16.5. The van der Waals surface area contributed by atoms with E-state index in [4.69, 9.17) is 15.0 Å². The normalized spacial score (nSPS) is 24.8. The summed E-state index contributed by atoms with van der Waals surface area (Å²) < 4.78 is 10.8. The maximum absolute atomic E-state index is 5.87. The maximum Gasteiger partial charge on any atom is 0.226 e. The van der Waals surface area contributed by atoms with Gasteiger partial charge < -0.3 is 15.0 Å². The van der Waals surface area contributed by atoms with E-state index in [9.17, 15) is 0 Å². The minimum atomic E-state index is 0.126. The zero-order valence-electron chi connectivity index (χ0n) is 11.3. The molecule has 1 unspecified atom stereocenters. The summed E-state index contributed by atoms with van der Waals surface area (Å²) in [5.41, 5.74) is 5.87. The van der Waals surface area contributed by atoms with Crippen LogP contribution in [0.5, 0.6) is 0 Å². The molecular weight excluding hydrogens is 230 g/mol. The minimum absolute atomic E-state index is 0.126. The lowest BCUT2D eigenvalue weighted by Crippen LogP contribution is -2.32. The smallest absolute Gasteiger partial charge is 0.226 e. The van der Waals surface area contributed by atoms with Crippen molar-refractivity contribution in [1.82, 2.24) is 10.1 Å². The standard InChI is InChI=1S/C13H23N3O2/c1-3-10(14)8-12-15-13(18-16-12)7-9-5-11(6-9)17-4-2/h9-11H,3-8,14H2,1-2H3. The molecule has 2 rings (SSSR count). The fraction of sp³-hybridized carbons (Fsp3) is 0.846. The Kier molecular flexibility index (Phi) is 4.72. The van der Waals surface area contributed by atoms with Crippen LogP contribution in [-0.4, -0.2) is 28.9 Å². The molecule has 0 radical (unpaired) electrons. The lowest BCUT2D eigenvalue weighted by Gasteiger charge is -2.33. The average molecular weight is 253 g/mol. The first-order valence-electron chi connectivity index (χ1n) is 6.89. The van der Waals surface area contributed by atoms with Gasteiger partial charge in [0.15, 0.2) is 5.82 Å². The van der Waals surface area contributed by atoms with E-state index in [0.717, 1.165) is 44.0 Å². The zero-order chi connectivity index (χ0) is 13.0. The Morgan fingerprint density at radius 2 is 2.22 bits per heavy atom. The molecule has 0 amide bonds. The van der Waals surface area contributed by atoms with E-state index in [1.807, 2.05) is 6.92 Å². The Morgan fingerprint density at radius 3 is 2.89 bits per heavy atom. The molecule has 1 heterocycles. The lowest BCUT2D eigenvalue weighted by molar-refractivity contribution is -0.0258. The van der Waals surface area contributed by atoms with Crippen molar-refractivity contribution in [3.63, 3.8) is 0 Å². The number of hydrogen-bond acceptors (Lipinski definition) is 5. The molecule has 5 heteroatoms. The molecule has 0 aromatic carbocycles. The highest BCUT2D eigenvalue weighted by Gasteiger charge is 2.31.